The summed E-state index contributed by atoms with van der Waals surface area (Å²) in [5.74, 6) is 0.403. The average Bonchev–Trinajstić information content (AvgIpc) is 2.86. The van der Waals surface area contributed by atoms with Gasteiger partial charge >= 0.3 is 0 Å². The van der Waals surface area contributed by atoms with Crippen molar-refractivity contribution in [2.24, 2.45) is 0 Å². The van der Waals surface area contributed by atoms with E-state index in [9.17, 15) is 4.79 Å². The van der Waals surface area contributed by atoms with Crippen LogP contribution in [0.5, 0.6) is 0 Å². The normalized spacial score (nSPS) is 11.1. The number of nitrogens with one attached hydrogen (secondary N) is 1. The molecule has 0 spiro atoms. The molecule has 0 saturated carbocycles. The van der Waals surface area contributed by atoms with Gasteiger partial charge in [0.05, 0.1) is 38.0 Å². The van der Waals surface area contributed by atoms with Crippen molar-refractivity contribution in [1.29, 1.82) is 0 Å². The Balaban J connectivity index is 2.02. The number of nitrogens with zero attached hydrogens (tertiary/aromatic N) is 2. The highest BCUT2D eigenvalue weighted by Crippen LogP contribution is 2.40. The molecule has 0 radical (unpaired) electrons. The van der Waals surface area contributed by atoms with Crippen molar-refractivity contribution in [3.8, 4) is 0 Å². The third-order valence-electron chi connectivity index (χ3n) is 2.90. The van der Waals surface area contributed by atoms with Crippen molar-refractivity contribution in [2.45, 2.75) is 13.5 Å². The Morgan fingerprint density at radius 2 is 1.83 bits per heavy atom. The maximum atomic E-state index is 12.1. The lowest BCUT2D eigenvalue weighted by Gasteiger charge is -2.16. The molecule has 23 heavy (non-hydrogen) atoms. The van der Waals surface area contributed by atoms with Gasteiger partial charge in [-0.25, -0.2) is 0 Å². The molecule has 1 aromatic carbocycles. The number of hydrogen-bond donors (Lipinski definition) is 1. The molecule has 2 rings (SSSR count). The molecule has 2 aromatic rings. The molecule has 0 aliphatic carbocycles. The van der Waals surface area contributed by atoms with Gasteiger partial charge in [-0.3, -0.25) is 9.69 Å². The molecule has 0 aliphatic rings. The van der Waals surface area contributed by atoms with E-state index < -0.39 is 0 Å². The lowest BCUT2D eigenvalue weighted by atomic mass is 10.3. The van der Waals surface area contributed by atoms with Gasteiger partial charge in [0.25, 0.3) is 0 Å². The topological polar surface area (TPSA) is 58.4 Å². The van der Waals surface area contributed by atoms with E-state index in [1.54, 1.807) is 24.9 Å². The van der Waals surface area contributed by atoms with Crippen LogP contribution in [0.25, 0.3) is 0 Å². The number of rotatable bonds is 5. The minimum absolute atomic E-state index is 0.0999. The summed E-state index contributed by atoms with van der Waals surface area (Å²) in [6, 6.07) is 3.22. The van der Waals surface area contributed by atoms with E-state index >= 15 is 0 Å². The number of likely N-dealkylation sites (N-methyl/N-ethyl adjacent to an activating group) is 1. The van der Waals surface area contributed by atoms with Crippen LogP contribution in [0, 0.1) is 6.92 Å². The Morgan fingerprint density at radius 3 is 2.35 bits per heavy atom. The van der Waals surface area contributed by atoms with Crippen molar-refractivity contribution in [1.82, 2.24) is 10.1 Å². The van der Waals surface area contributed by atoms with E-state index in [1.165, 1.54) is 6.07 Å². The maximum absolute atomic E-state index is 12.1. The summed E-state index contributed by atoms with van der Waals surface area (Å²) in [5, 5.41) is 7.21. The van der Waals surface area contributed by atoms with Crippen LogP contribution in [0.2, 0.25) is 20.1 Å². The average molecular weight is 397 g/mol. The van der Waals surface area contributed by atoms with Crippen molar-refractivity contribution < 1.29 is 9.32 Å². The van der Waals surface area contributed by atoms with Crippen LogP contribution in [0.4, 0.5) is 5.69 Å². The third-order valence-corrected chi connectivity index (χ3v) is 4.47. The molecule has 0 fully saturated rings. The number of aryl methyl sites for hydroxylation is 1. The van der Waals surface area contributed by atoms with E-state index in [2.05, 4.69) is 10.5 Å². The molecular formula is C14H13Cl4N3O2. The SMILES string of the molecule is Cc1cc(CN(C)CC(=O)Nc2c(Cl)c(Cl)cc(Cl)c2Cl)no1. The van der Waals surface area contributed by atoms with Gasteiger partial charge < -0.3 is 9.84 Å². The predicted molar refractivity (Wildman–Crippen MR) is 92.7 cm³/mol. The fourth-order valence-corrected chi connectivity index (χ4v) is 2.84. The molecule has 1 heterocycles. The summed E-state index contributed by atoms with van der Waals surface area (Å²) in [6.07, 6.45) is 0. The first-order chi connectivity index (χ1) is 10.8. The minimum atomic E-state index is -0.310. The van der Waals surface area contributed by atoms with E-state index in [0.29, 0.717) is 12.3 Å². The molecule has 5 nitrogen and oxygen atoms in total. The lowest BCUT2D eigenvalue weighted by molar-refractivity contribution is -0.117. The van der Waals surface area contributed by atoms with Crippen LogP contribution >= 0.6 is 46.4 Å². The van der Waals surface area contributed by atoms with Crippen LogP contribution in [0.1, 0.15) is 11.5 Å². The molecule has 0 aliphatic heterocycles. The summed E-state index contributed by atoms with van der Waals surface area (Å²) in [5.41, 5.74) is 0.932. The smallest absolute Gasteiger partial charge is 0.238 e. The molecule has 0 atom stereocenters. The number of halogens is 4. The van der Waals surface area contributed by atoms with Crippen LogP contribution in [-0.2, 0) is 11.3 Å². The van der Waals surface area contributed by atoms with Crippen molar-refractivity contribution >= 4 is 58.0 Å². The zero-order chi connectivity index (χ0) is 17.1. The summed E-state index contributed by atoms with van der Waals surface area (Å²) < 4.78 is 4.98. The molecule has 0 unspecified atom stereocenters. The molecule has 124 valence electrons. The van der Waals surface area contributed by atoms with Gasteiger partial charge in [-0.05, 0) is 20.0 Å². The zero-order valence-electron chi connectivity index (χ0n) is 12.3. The molecular weight excluding hydrogens is 384 g/mol. The lowest BCUT2D eigenvalue weighted by Crippen LogP contribution is -2.30. The van der Waals surface area contributed by atoms with Gasteiger partial charge in [-0.1, -0.05) is 51.6 Å². The first-order valence-corrected chi connectivity index (χ1v) is 8.02. The van der Waals surface area contributed by atoms with Crippen molar-refractivity contribution in [3.05, 3.63) is 43.7 Å². The fourth-order valence-electron chi connectivity index (χ4n) is 1.93. The van der Waals surface area contributed by atoms with Gasteiger partial charge in [0, 0.05) is 12.6 Å². The summed E-state index contributed by atoms with van der Waals surface area (Å²) in [4.78, 5) is 13.9. The summed E-state index contributed by atoms with van der Waals surface area (Å²) in [7, 11) is 1.78. The predicted octanol–water partition coefficient (Wildman–Crippen LogP) is 4.67. The Kier molecular flexibility index (Phi) is 6.17. The van der Waals surface area contributed by atoms with Crippen LogP contribution in [0.3, 0.4) is 0 Å². The van der Waals surface area contributed by atoms with Crippen molar-refractivity contribution in [3.63, 3.8) is 0 Å². The number of anilines is 1. The van der Waals surface area contributed by atoms with Crippen molar-refractivity contribution in [2.75, 3.05) is 18.9 Å². The van der Waals surface area contributed by atoms with E-state index in [-0.39, 0.29) is 38.2 Å². The third kappa shape index (κ3) is 4.75. The molecule has 9 heteroatoms. The molecule has 0 bridgehead atoms. The standard InChI is InChI=1S/C14H13Cl4N3O2/c1-7-3-8(20-23-7)5-21(2)6-11(22)19-14-12(17)9(15)4-10(16)13(14)18/h3-4H,5-6H2,1-2H3,(H,19,22). The molecule has 1 N–H and O–H groups in total. The second kappa shape index (κ2) is 7.73. The van der Waals surface area contributed by atoms with Crippen LogP contribution in [-0.4, -0.2) is 29.6 Å². The number of aromatic nitrogens is 1. The van der Waals surface area contributed by atoms with E-state index in [4.69, 9.17) is 50.9 Å². The highest BCUT2D eigenvalue weighted by atomic mass is 35.5. The first kappa shape index (κ1) is 18.4. The first-order valence-electron chi connectivity index (χ1n) is 6.51. The van der Waals surface area contributed by atoms with Gasteiger partial charge in [-0.2, -0.15) is 0 Å². The highest BCUT2D eigenvalue weighted by molar-refractivity contribution is 6.50. The number of amides is 1. The molecule has 1 amide bonds. The van der Waals surface area contributed by atoms with E-state index in [1.807, 2.05) is 0 Å². The Morgan fingerprint density at radius 1 is 1.22 bits per heavy atom. The maximum Gasteiger partial charge on any atom is 0.238 e. The monoisotopic (exact) mass is 395 g/mol. The second-order valence-electron chi connectivity index (χ2n) is 4.99. The minimum Gasteiger partial charge on any atom is -0.361 e. The fraction of sp³-hybridized carbons (Fsp3) is 0.286. The number of benzene rings is 1. The Bertz CT molecular complexity index is 707. The number of carbonyl (C=O) groups is 1. The second-order valence-corrected chi connectivity index (χ2v) is 6.56. The van der Waals surface area contributed by atoms with Gasteiger partial charge in [0.2, 0.25) is 5.91 Å². The van der Waals surface area contributed by atoms with Gasteiger partial charge in [-0.15, -0.1) is 0 Å². The van der Waals surface area contributed by atoms with E-state index in [0.717, 1.165) is 5.69 Å². The zero-order valence-corrected chi connectivity index (χ0v) is 15.3. The number of carbonyl (C=O) groups excluding carboxylic acids is 1. The highest BCUT2D eigenvalue weighted by Gasteiger charge is 2.17. The molecule has 1 aromatic heterocycles. The summed E-state index contributed by atoms with van der Waals surface area (Å²) >= 11 is 24.0. The summed E-state index contributed by atoms with van der Waals surface area (Å²) in [6.45, 7) is 2.36. The van der Waals surface area contributed by atoms with Crippen LogP contribution < -0.4 is 5.32 Å². The molecule has 0 saturated heterocycles. The quantitative estimate of drug-likeness (QED) is 0.746. The van der Waals surface area contributed by atoms with Crippen LogP contribution in [0.15, 0.2) is 16.7 Å². The Labute approximate surface area is 153 Å². The Hall–Kier alpha value is -0.980. The van der Waals surface area contributed by atoms with Gasteiger partial charge in [0.1, 0.15) is 5.76 Å². The largest absolute Gasteiger partial charge is 0.361 e. The van der Waals surface area contributed by atoms with Gasteiger partial charge in [0.15, 0.2) is 0 Å². The number of hydrogen-bond acceptors (Lipinski definition) is 4.